The van der Waals surface area contributed by atoms with Crippen LogP contribution in [-0.2, 0) is 0 Å². The molecule has 1 amide bonds. The smallest absolute Gasteiger partial charge is 0.280 e. The van der Waals surface area contributed by atoms with Crippen molar-refractivity contribution in [3.05, 3.63) is 77.9 Å². The molecule has 0 saturated carbocycles. The van der Waals surface area contributed by atoms with Crippen molar-refractivity contribution < 1.29 is 19.0 Å². The van der Waals surface area contributed by atoms with Crippen LogP contribution in [0.25, 0.3) is 10.2 Å². The number of hydrogen-bond acceptors (Lipinski definition) is 7. The predicted octanol–water partition coefficient (Wildman–Crippen LogP) is 5.78. The van der Waals surface area contributed by atoms with Gasteiger partial charge in [-0.3, -0.25) is 4.79 Å². The summed E-state index contributed by atoms with van der Waals surface area (Å²) in [6.45, 7) is 5.01. The molecule has 0 N–H and O–H groups in total. The van der Waals surface area contributed by atoms with Crippen molar-refractivity contribution in [2.24, 2.45) is 5.10 Å². The Hall–Kier alpha value is -3.91. The number of thiazole rings is 1. The molecule has 0 spiro atoms. The number of anilines is 1. The molecule has 0 unspecified atom stereocenters. The summed E-state index contributed by atoms with van der Waals surface area (Å²) in [5.74, 6) is 1.92. The number of methoxy groups -OCH3 is 1. The molecule has 3 aromatic carbocycles. The van der Waals surface area contributed by atoms with Gasteiger partial charge in [0, 0.05) is 5.56 Å². The van der Waals surface area contributed by atoms with Crippen LogP contribution in [0, 0.1) is 0 Å². The van der Waals surface area contributed by atoms with Gasteiger partial charge in [0.15, 0.2) is 0 Å². The molecule has 8 heteroatoms. The van der Waals surface area contributed by atoms with Crippen LogP contribution in [0.5, 0.6) is 17.2 Å². The molecule has 1 heterocycles. The zero-order valence-electron chi connectivity index (χ0n) is 19.2. The van der Waals surface area contributed by atoms with Gasteiger partial charge in [0.25, 0.3) is 5.91 Å². The number of nitrogens with zero attached hydrogens (tertiary/aromatic N) is 3. The largest absolute Gasteiger partial charge is 0.497 e. The Morgan fingerprint density at radius 3 is 2.18 bits per heavy atom. The van der Waals surface area contributed by atoms with Gasteiger partial charge < -0.3 is 14.2 Å². The van der Waals surface area contributed by atoms with Crippen molar-refractivity contribution in [3.8, 4) is 17.2 Å². The number of benzene rings is 3. The molecule has 0 aliphatic carbocycles. The van der Waals surface area contributed by atoms with E-state index in [2.05, 4.69) is 10.1 Å². The van der Waals surface area contributed by atoms with Crippen LogP contribution in [0.4, 0.5) is 5.13 Å². The summed E-state index contributed by atoms with van der Waals surface area (Å²) in [5, 5.41) is 6.30. The van der Waals surface area contributed by atoms with Crippen LogP contribution in [-0.4, -0.2) is 37.4 Å². The molecule has 1 aromatic heterocycles. The van der Waals surface area contributed by atoms with Gasteiger partial charge in [-0.15, -0.1) is 0 Å². The summed E-state index contributed by atoms with van der Waals surface area (Å²) >= 11 is 1.37. The Morgan fingerprint density at radius 2 is 1.56 bits per heavy atom. The molecule has 0 radical (unpaired) electrons. The van der Waals surface area contributed by atoms with Gasteiger partial charge >= 0.3 is 0 Å². The molecule has 0 saturated heterocycles. The average Bonchev–Trinajstić information content (AvgIpc) is 3.29. The third-order valence-electron chi connectivity index (χ3n) is 4.88. The maximum absolute atomic E-state index is 13.5. The van der Waals surface area contributed by atoms with E-state index in [0.29, 0.717) is 29.7 Å². The summed E-state index contributed by atoms with van der Waals surface area (Å²) in [6.07, 6.45) is 1.63. The topological polar surface area (TPSA) is 73.2 Å². The number of hydrogen-bond donors (Lipinski definition) is 0. The fraction of sp³-hybridized carbons (Fsp3) is 0.192. The highest BCUT2D eigenvalue weighted by Crippen LogP contribution is 2.32. The van der Waals surface area contributed by atoms with Gasteiger partial charge in [-0.05, 0) is 86.1 Å². The maximum Gasteiger partial charge on any atom is 0.280 e. The monoisotopic (exact) mass is 475 g/mol. The van der Waals surface area contributed by atoms with Gasteiger partial charge in [0.1, 0.15) is 17.2 Å². The SMILES string of the molecule is CCOc1ccc(/C=N/N(C(=O)c2ccc(OCC)cc2)c2nc3ccc(OC)cc3s2)cc1. The van der Waals surface area contributed by atoms with Crippen molar-refractivity contribution in [3.63, 3.8) is 0 Å². The lowest BCUT2D eigenvalue weighted by Crippen LogP contribution is -2.25. The minimum absolute atomic E-state index is 0.295. The van der Waals surface area contributed by atoms with E-state index in [0.717, 1.165) is 27.3 Å². The lowest BCUT2D eigenvalue weighted by atomic mass is 10.2. The molecular formula is C26H25N3O4S. The third-order valence-corrected chi connectivity index (χ3v) is 5.88. The Balaban J connectivity index is 1.68. The van der Waals surface area contributed by atoms with E-state index in [1.807, 2.05) is 56.3 Å². The van der Waals surface area contributed by atoms with Crippen molar-refractivity contribution in [1.29, 1.82) is 0 Å². The van der Waals surface area contributed by atoms with Crippen LogP contribution >= 0.6 is 11.3 Å². The van der Waals surface area contributed by atoms with E-state index in [9.17, 15) is 4.79 Å². The van der Waals surface area contributed by atoms with Crippen LogP contribution in [0.15, 0.2) is 71.8 Å². The molecule has 34 heavy (non-hydrogen) atoms. The number of carbonyl (C=O) groups is 1. The van der Waals surface area contributed by atoms with E-state index in [1.54, 1.807) is 37.6 Å². The molecule has 0 aliphatic heterocycles. The number of aromatic nitrogens is 1. The van der Waals surface area contributed by atoms with E-state index in [4.69, 9.17) is 14.2 Å². The number of amides is 1. The summed E-state index contributed by atoms with van der Waals surface area (Å²) in [7, 11) is 1.62. The zero-order chi connectivity index (χ0) is 23.9. The van der Waals surface area contributed by atoms with Crippen molar-refractivity contribution >= 4 is 38.8 Å². The lowest BCUT2D eigenvalue weighted by molar-refractivity contribution is 0.0988. The summed E-state index contributed by atoms with van der Waals surface area (Å²) < 4.78 is 17.2. The quantitative estimate of drug-likeness (QED) is 0.227. The standard InChI is InChI=1S/C26H25N3O4S/c1-4-32-20-10-6-18(7-11-20)17-27-29(25(30)19-8-12-21(13-9-19)33-5-2)26-28-23-15-14-22(31-3)16-24(23)34-26/h6-17H,4-5H2,1-3H3/b27-17+. The highest BCUT2D eigenvalue weighted by molar-refractivity contribution is 7.22. The fourth-order valence-electron chi connectivity index (χ4n) is 3.22. The molecule has 4 rings (SSSR count). The van der Waals surface area contributed by atoms with E-state index in [-0.39, 0.29) is 5.91 Å². The number of ether oxygens (including phenoxy) is 3. The van der Waals surface area contributed by atoms with Gasteiger partial charge in [0.05, 0.1) is 36.8 Å². The van der Waals surface area contributed by atoms with E-state index in [1.165, 1.54) is 16.3 Å². The third kappa shape index (κ3) is 5.35. The fourth-order valence-corrected chi connectivity index (χ4v) is 4.17. The first-order valence-corrected chi connectivity index (χ1v) is 11.7. The summed E-state index contributed by atoms with van der Waals surface area (Å²) in [6, 6.07) is 20.1. The molecule has 0 atom stereocenters. The Kier molecular flexibility index (Phi) is 7.39. The second-order valence-corrected chi connectivity index (χ2v) is 8.16. The number of carbonyl (C=O) groups excluding carboxylic acids is 1. The van der Waals surface area contributed by atoms with Gasteiger partial charge in [-0.2, -0.15) is 10.1 Å². The van der Waals surface area contributed by atoms with Gasteiger partial charge in [0.2, 0.25) is 5.13 Å². The second-order valence-electron chi connectivity index (χ2n) is 7.15. The van der Waals surface area contributed by atoms with Gasteiger partial charge in [-0.1, -0.05) is 11.3 Å². The predicted molar refractivity (Wildman–Crippen MR) is 136 cm³/mol. The van der Waals surface area contributed by atoms with Crippen molar-refractivity contribution in [1.82, 2.24) is 4.98 Å². The number of hydrazone groups is 1. The molecule has 0 fully saturated rings. The maximum atomic E-state index is 13.5. The molecule has 174 valence electrons. The summed E-state index contributed by atoms with van der Waals surface area (Å²) in [4.78, 5) is 18.1. The van der Waals surface area contributed by atoms with Crippen LogP contribution in [0.2, 0.25) is 0 Å². The Bertz CT molecular complexity index is 1280. The number of rotatable bonds is 9. The lowest BCUT2D eigenvalue weighted by Gasteiger charge is -2.14. The molecule has 0 bridgehead atoms. The molecule has 4 aromatic rings. The molecular weight excluding hydrogens is 450 g/mol. The van der Waals surface area contributed by atoms with Crippen molar-refractivity contribution in [2.45, 2.75) is 13.8 Å². The first kappa shape index (κ1) is 23.3. The minimum atomic E-state index is -0.295. The zero-order valence-corrected chi connectivity index (χ0v) is 20.0. The molecule has 0 aliphatic rings. The highest BCUT2D eigenvalue weighted by atomic mass is 32.1. The van der Waals surface area contributed by atoms with Crippen molar-refractivity contribution in [2.75, 3.05) is 25.3 Å². The minimum Gasteiger partial charge on any atom is -0.497 e. The first-order chi connectivity index (χ1) is 16.6. The normalized spacial score (nSPS) is 11.0. The Morgan fingerprint density at radius 1 is 0.941 bits per heavy atom. The van der Waals surface area contributed by atoms with E-state index < -0.39 is 0 Å². The van der Waals surface area contributed by atoms with Crippen LogP contribution < -0.4 is 19.2 Å². The second kappa shape index (κ2) is 10.8. The van der Waals surface area contributed by atoms with Crippen LogP contribution in [0.3, 0.4) is 0 Å². The van der Waals surface area contributed by atoms with Crippen LogP contribution in [0.1, 0.15) is 29.8 Å². The number of fused-ring (bicyclic) bond motifs is 1. The van der Waals surface area contributed by atoms with Gasteiger partial charge in [-0.25, -0.2) is 4.98 Å². The first-order valence-electron chi connectivity index (χ1n) is 10.9. The Labute approximate surface area is 202 Å². The average molecular weight is 476 g/mol. The van der Waals surface area contributed by atoms with E-state index >= 15 is 0 Å². The molecule has 7 nitrogen and oxygen atoms in total. The summed E-state index contributed by atoms with van der Waals surface area (Å²) in [5.41, 5.74) is 2.07. The highest BCUT2D eigenvalue weighted by Gasteiger charge is 2.21.